The topological polar surface area (TPSA) is 64.3 Å². The number of aromatic carboxylic acids is 1. The molecular formula is C7H9ClN2O3. The van der Waals surface area contributed by atoms with Crippen LogP contribution < -0.4 is 0 Å². The van der Waals surface area contributed by atoms with Crippen LogP contribution in [0.4, 0.5) is 0 Å². The molecule has 72 valence electrons. The zero-order valence-electron chi connectivity index (χ0n) is 7.03. The van der Waals surface area contributed by atoms with Gasteiger partial charge in [0.05, 0.1) is 18.2 Å². The molecule has 0 saturated heterocycles. The molecule has 1 N–H and O–H groups in total. The van der Waals surface area contributed by atoms with E-state index in [0.717, 1.165) is 0 Å². The van der Waals surface area contributed by atoms with Gasteiger partial charge in [0.15, 0.2) is 5.69 Å². The first-order valence-corrected chi connectivity index (χ1v) is 3.98. The van der Waals surface area contributed by atoms with Crippen LogP contribution in [0, 0.1) is 0 Å². The number of nitrogens with zero attached hydrogens (tertiary/aromatic N) is 2. The molecule has 0 aliphatic rings. The fourth-order valence-electron chi connectivity index (χ4n) is 0.841. The van der Waals surface area contributed by atoms with Crippen LogP contribution in [0.5, 0.6) is 0 Å². The Balaban J connectivity index is 2.76. The predicted octanol–water partition coefficient (Wildman–Crippen LogP) is 0.881. The Morgan fingerprint density at radius 2 is 2.54 bits per heavy atom. The number of ether oxygens (including phenoxy) is 1. The normalized spacial score (nSPS) is 10.3. The summed E-state index contributed by atoms with van der Waals surface area (Å²) in [5.74, 6) is -1.12. The fourth-order valence-corrected chi connectivity index (χ4v) is 1.07. The molecule has 0 spiro atoms. The van der Waals surface area contributed by atoms with E-state index in [-0.39, 0.29) is 10.7 Å². The van der Waals surface area contributed by atoms with E-state index in [1.54, 1.807) is 7.11 Å². The maximum absolute atomic E-state index is 10.5. The molecule has 0 saturated carbocycles. The Labute approximate surface area is 79.9 Å². The predicted molar refractivity (Wildman–Crippen MR) is 46.1 cm³/mol. The summed E-state index contributed by atoms with van der Waals surface area (Å²) in [6.45, 7) is 0.959. The molecule has 1 heterocycles. The van der Waals surface area contributed by atoms with Crippen LogP contribution in [0.15, 0.2) is 6.20 Å². The van der Waals surface area contributed by atoms with Crippen molar-refractivity contribution in [1.82, 2.24) is 9.78 Å². The van der Waals surface area contributed by atoms with Gasteiger partial charge in [-0.3, -0.25) is 4.68 Å². The minimum absolute atomic E-state index is 0.127. The highest BCUT2D eigenvalue weighted by Crippen LogP contribution is 2.13. The molecule has 13 heavy (non-hydrogen) atoms. The number of carboxylic acids is 1. The second kappa shape index (κ2) is 4.25. The van der Waals surface area contributed by atoms with Gasteiger partial charge in [-0.2, -0.15) is 5.10 Å². The summed E-state index contributed by atoms with van der Waals surface area (Å²) in [6.07, 6.45) is 1.46. The van der Waals surface area contributed by atoms with Crippen LogP contribution in [-0.2, 0) is 11.3 Å². The second-order valence-corrected chi connectivity index (χ2v) is 2.79. The van der Waals surface area contributed by atoms with E-state index >= 15 is 0 Å². The molecule has 6 heteroatoms. The molecule has 0 amide bonds. The van der Waals surface area contributed by atoms with Gasteiger partial charge in [0.25, 0.3) is 0 Å². The molecule has 0 atom stereocenters. The summed E-state index contributed by atoms with van der Waals surface area (Å²) in [5, 5.41) is 12.5. The van der Waals surface area contributed by atoms with Crippen molar-refractivity contribution in [3.63, 3.8) is 0 Å². The van der Waals surface area contributed by atoms with Gasteiger partial charge >= 0.3 is 5.97 Å². The highest BCUT2D eigenvalue weighted by Gasteiger charge is 2.13. The van der Waals surface area contributed by atoms with Gasteiger partial charge in [-0.1, -0.05) is 11.6 Å². The van der Waals surface area contributed by atoms with Crippen molar-refractivity contribution in [3.05, 3.63) is 16.9 Å². The molecule has 0 aromatic carbocycles. The zero-order valence-corrected chi connectivity index (χ0v) is 7.78. The molecule has 1 rings (SSSR count). The zero-order chi connectivity index (χ0) is 9.84. The Kier molecular flexibility index (Phi) is 3.27. The summed E-state index contributed by atoms with van der Waals surface area (Å²) in [4.78, 5) is 10.5. The molecule has 1 aromatic rings. The molecule has 0 unspecified atom stereocenters. The van der Waals surface area contributed by atoms with Crippen molar-refractivity contribution in [2.45, 2.75) is 6.54 Å². The number of rotatable bonds is 4. The summed E-state index contributed by atoms with van der Waals surface area (Å²) in [7, 11) is 1.56. The minimum Gasteiger partial charge on any atom is -0.476 e. The lowest BCUT2D eigenvalue weighted by atomic mass is 10.4. The number of halogens is 1. The largest absolute Gasteiger partial charge is 0.476 e. The van der Waals surface area contributed by atoms with E-state index in [1.165, 1.54) is 10.9 Å². The third-order valence-corrected chi connectivity index (χ3v) is 1.72. The summed E-state index contributed by atoms with van der Waals surface area (Å²) >= 11 is 5.61. The number of hydrogen-bond acceptors (Lipinski definition) is 3. The monoisotopic (exact) mass is 204 g/mol. The van der Waals surface area contributed by atoms with Gasteiger partial charge < -0.3 is 9.84 Å². The Hall–Kier alpha value is -1.07. The lowest BCUT2D eigenvalue weighted by Gasteiger charge is -1.97. The minimum atomic E-state index is -1.12. The van der Waals surface area contributed by atoms with Gasteiger partial charge in [0, 0.05) is 13.3 Å². The fraction of sp³-hybridized carbons (Fsp3) is 0.429. The first kappa shape index (κ1) is 10.0. The van der Waals surface area contributed by atoms with Crippen molar-refractivity contribution >= 4 is 17.6 Å². The number of methoxy groups -OCH3 is 1. The van der Waals surface area contributed by atoms with E-state index in [1.807, 2.05) is 0 Å². The van der Waals surface area contributed by atoms with Crippen LogP contribution in [0.1, 0.15) is 10.5 Å². The Morgan fingerprint density at radius 3 is 3.00 bits per heavy atom. The van der Waals surface area contributed by atoms with Gasteiger partial charge in [-0.15, -0.1) is 0 Å². The summed E-state index contributed by atoms with van der Waals surface area (Å²) in [6, 6.07) is 0. The lowest BCUT2D eigenvalue weighted by Crippen LogP contribution is -2.06. The van der Waals surface area contributed by atoms with E-state index in [9.17, 15) is 4.79 Å². The number of hydrogen-bond donors (Lipinski definition) is 1. The standard InChI is InChI=1S/C7H9ClN2O3/c1-13-3-2-10-4-5(8)6(9-10)7(11)12/h4H,2-3H2,1H3,(H,11,12). The van der Waals surface area contributed by atoms with Crippen LogP contribution in [0.2, 0.25) is 5.02 Å². The van der Waals surface area contributed by atoms with E-state index < -0.39 is 5.97 Å². The molecule has 0 bridgehead atoms. The molecule has 0 aliphatic heterocycles. The van der Waals surface area contributed by atoms with E-state index in [0.29, 0.717) is 13.2 Å². The first-order chi connectivity index (χ1) is 6.15. The van der Waals surface area contributed by atoms with Gasteiger partial charge in [0.1, 0.15) is 0 Å². The van der Waals surface area contributed by atoms with Gasteiger partial charge in [-0.05, 0) is 0 Å². The van der Waals surface area contributed by atoms with Crippen molar-refractivity contribution < 1.29 is 14.6 Å². The van der Waals surface area contributed by atoms with Crippen LogP contribution in [0.3, 0.4) is 0 Å². The van der Waals surface area contributed by atoms with Crippen LogP contribution >= 0.6 is 11.6 Å². The molecule has 0 fully saturated rings. The second-order valence-electron chi connectivity index (χ2n) is 2.39. The first-order valence-electron chi connectivity index (χ1n) is 3.60. The number of carbonyl (C=O) groups is 1. The molecule has 0 aliphatic carbocycles. The Bertz CT molecular complexity index is 311. The van der Waals surface area contributed by atoms with Gasteiger partial charge in [0.2, 0.25) is 0 Å². The lowest BCUT2D eigenvalue weighted by molar-refractivity contribution is 0.0689. The third kappa shape index (κ3) is 2.43. The highest BCUT2D eigenvalue weighted by molar-refractivity contribution is 6.33. The molecule has 0 radical (unpaired) electrons. The average Bonchev–Trinajstić information content (AvgIpc) is 2.43. The number of aromatic nitrogens is 2. The van der Waals surface area contributed by atoms with Crippen LogP contribution in [-0.4, -0.2) is 34.6 Å². The quantitative estimate of drug-likeness (QED) is 0.791. The van der Waals surface area contributed by atoms with Crippen molar-refractivity contribution in [2.75, 3.05) is 13.7 Å². The number of carboxylic acid groups (broad SMARTS) is 1. The smallest absolute Gasteiger partial charge is 0.357 e. The van der Waals surface area contributed by atoms with Crippen molar-refractivity contribution in [2.24, 2.45) is 0 Å². The summed E-state index contributed by atoms with van der Waals surface area (Å²) in [5.41, 5.74) is -0.127. The van der Waals surface area contributed by atoms with Crippen molar-refractivity contribution in [3.8, 4) is 0 Å². The highest BCUT2D eigenvalue weighted by atomic mass is 35.5. The van der Waals surface area contributed by atoms with Crippen molar-refractivity contribution in [1.29, 1.82) is 0 Å². The van der Waals surface area contributed by atoms with E-state index in [4.69, 9.17) is 21.4 Å². The van der Waals surface area contributed by atoms with Crippen LogP contribution in [0.25, 0.3) is 0 Å². The maximum atomic E-state index is 10.5. The third-order valence-electron chi connectivity index (χ3n) is 1.44. The molecule has 5 nitrogen and oxygen atoms in total. The average molecular weight is 205 g/mol. The molecular weight excluding hydrogens is 196 g/mol. The van der Waals surface area contributed by atoms with E-state index in [2.05, 4.69) is 5.10 Å². The summed E-state index contributed by atoms with van der Waals surface area (Å²) < 4.78 is 6.24. The maximum Gasteiger partial charge on any atom is 0.357 e. The van der Waals surface area contributed by atoms with Gasteiger partial charge in [-0.25, -0.2) is 4.79 Å². The molecule has 1 aromatic heterocycles. The Morgan fingerprint density at radius 1 is 1.85 bits per heavy atom. The SMILES string of the molecule is COCCn1cc(Cl)c(C(=O)O)n1.